The lowest BCUT2D eigenvalue weighted by Gasteiger charge is -2.38. The van der Waals surface area contributed by atoms with Crippen LogP contribution in [0.15, 0.2) is 77.7 Å². The minimum Gasteiger partial charge on any atom is -0.489 e. The second kappa shape index (κ2) is 9.20. The van der Waals surface area contributed by atoms with Crippen LogP contribution in [0.1, 0.15) is 40.6 Å². The van der Waals surface area contributed by atoms with Gasteiger partial charge in [-0.2, -0.15) is 11.8 Å². The summed E-state index contributed by atoms with van der Waals surface area (Å²) >= 11 is 1.91. The molecular formula is C29H30N2O3S2. The number of allylic oxidation sites excluding steroid dienone is 2. The highest BCUT2D eigenvalue weighted by atomic mass is 32.2. The first-order valence-corrected chi connectivity index (χ1v) is 15.0. The average molecular weight is 519 g/mol. The van der Waals surface area contributed by atoms with Crippen LogP contribution in [0.4, 0.5) is 11.4 Å². The van der Waals surface area contributed by atoms with Gasteiger partial charge in [0, 0.05) is 23.1 Å². The van der Waals surface area contributed by atoms with Gasteiger partial charge in [0.15, 0.2) is 0 Å². The van der Waals surface area contributed by atoms with E-state index >= 15 is 0 Å². The van der Waals surface area contributed by atoms with Crippen LogP contribution < -0.4 is 14.8 Å². The van der Waals surface area contributed by atoms with E-state index in [1.165, 1.54) is 5.56 Å². The van der Waals surface area contributed by atoms with Crippen molar-refractivity contribution in [2.24, 2.45) is 5.92 Å². The predicted octanol–water partition coefficient (Wildman–Crippen LogP) is 6.42. The number of fused-ring (bicyclic) bond motifs is 3. The van der Waals surface area contributed by atoms with Gasteiger partial charge in [0.05, 0.1) is 16.6 Å². The summed E-state index contributed by atoms with van der Waals surface area (Å²) < 4.78 is 35.7. The van der Waals surface area contributed by atoms with E-state index in [4.69, 9.17) is 4.74 Å². The van der Waals surface area contributed by atoms with Gasteiger partial charge >= 0.3 is 0 Å². The summed E-state index contributed by atoms with van der Waals surface area (Å²) in [5.41, 5.74) is 5.69. The van der Waals surface area contributed by atoms with Crippen LogP contribution in [-0.2, 0) is 10.0 Å². The van der Waals surface area contributed by atoms with Crippen molar-refractivity contribution in [3.8, 4) is 5.75 Å². The quantitative estimate of drug-likeness (QED) is 0.368. The van der Waals surface area contributed by atoms with E-state index in [2.05, 4.69) is 40.4 Å². The topological polar surface area (TPSA) is 67.4 Å². The normalized spacial score (nSPS) is 22.8. The number of ether oxygens (including phenoxy) is 1. The second-order valence-corrected chi connectivity index (χ2v) is 12.7. The number of rotatable bonds is 6. The highest BCUT2D eigenvalue weighted by Crippen LogP contribution is 2.50. The number of sulfonamides is 1. The van der Waals surface area contributed by atoms with E-state index in [1.54, 1.807) is 6.07 Å². The van der Waals surface area contributed by atoms with E-state index in [1.807, 2.05) is 62.0 Å². The number of aryl methyl sites for hydroxylation is 2. The molecule has 6 rings (SSSR count). The van der Waals surface area contributed by atoms with Crippen LogP contribution in [0.5, 0.6) is 5.75 Å². The Labute approximate surface area is 217 Å². The Kier molecular flexibility index (Phi) is 6.00. The van der Waals surface area contributed by atoms with Gasteiger partial charge in [0.1, 0.15) is 11.9 Å². The number of hydrogen-bond donors (Lipinski definition) is 2. The molecular weight excluding hydrogens is 488 g/mol. The van der Waals surface area contributed by atoms with Crippen molar-refractivity contribution in [3.05, 3.63) is 95.1 Å². The SMILES string of the molecule is Cc1cccc(C)c1NS(=O)(=O)c1ccc2c(c1)C1C=CCC1C(c1cccc(OC3CSC3)c1)N2. The zero-order chi connectivity index (χ0) is 24.9. The molecule has 3 aromatic rings. The molecule has 1 aliphatic carbocycles. The van der Waals surface area contributed by atoms with E-state index in [9.17, 15) is 8.42 Å². The van der Waals surface area contributed by atoms with Crippen molar-refractivity contribution in [1.29, 1.82) is 0 Å². The van der Waals surface area contributed by atoms with Gasteiger partial charge < -0.3 is 10.1 Å². The summed E-state index contributed by atoms with van der Waals surface area (Å²) in [4.78, 5) is 0.289. The third kappa shape index (κ3) is 4.28. The van der Waals surface area contributed by atoms with Crippen LogP contribution in [0.25, 0.3) is 0 Å². The van der Waals surface area contributed by atoms with Gasteiger partial charge in [-0.25, -0.2) is 8.42 Å². The Morgan fingerprint density at radius 1 is 1.00 bits per heavy atom. The smallest absolute Gasteiger partial charge is 0.261 e. The van der Waals surface area contributed by atoms with Crippen molar-refractivity contribution in [3.63, 3.8) is 0 Å². The highest BCUT2D eigenvalue weighted by Gasteiger charge is 2.38. The number of thioether (sulfide) groups is 1. The maximum atomic E-state index is 13.4. The maximum Gasteiger partial charge on any atom is 0.261 e. The van der Waals surface area contributed by atoms with Gasteiger partial charge in [0.2, 0.25) is 0 Å². The molecule has 2 aliphatic heterocycles. The zero-order valence-electron chi connectivity index (χ0n) is 20.4. The first-order valence-electron chi connectivity index (χ1n) is 12.4. The Morgan fingerprint density at radius 2 is 1.78 bits per heavy atom. The van der Waals surface area contributed by atoms with Gasteiger partial charge in [-0.05, 0) is 78.8 Å². The monoisotopic (exact) mass is 518 g/mol. The van der Waals surface area contributed by atoms with E-state index in [0.717, 1.165) is 46.1 Å². The van der Waals surface area contributed by atoms with Gasteiger partial charge in [-0.1, -0.05) is 42.5 Å². The van der Waals surface area contributed by atoms with Crippen molar-refractivity contribution in [1.82, 2.24) is 0 Å². The minimum absolute atomic E-state index is 0.131. The minimum atomic E-state index is -3.72. The molecule has 0 spiro atoms. The molecule has 2 N–H and O–H groups in total. The van der Waals surface area contributed by atoms with E-state index in [-0.39, 0.29) is 16.9 Å². The summed E-state index contributed by atoms with van der Waals surface area (Å²) in [6, 6.07) is 19.8. The molecule has 3 atom stereocenters. The third-order valence-corrected chi connectivity index (χ3v) is 10.1. The fourth-order valence-electron chi connectivity index (χ4n) is 5.49. The summed E-state index contributed by atoms with van der Waals surface area (Å²) in [5, 5.41) is 3.72. The van der Waals surface area contributed by atoms with Crippen molar-refractivity contribution in [2.75, 3.05) is 21.5 Å². The first kappa shape index (κ1) is 23.5. The lowest BCUT2D eigenvalue weighted by Crippen LogP contribution is -2.31. The molecule has 186 valence electrons. The molecule has 3 aliphatic rings. The van der Waals surface area contributed by atoms with Gasteiger partial charge in [-0.15, -0.1) is 0 Å². The van der Waals surface area contributed by atoms with Crippen molar-refractivity contribution < 1.29 is 13.2 Å². The van der Waals surface area contributed by atoms with Crippen molar-refractivity contribution in [2.45, 2.75) is 43.2 Å². The molecule has 36 heavy (non-hydrogen) atoms. The molecule has 2 heterocycles. The third-order valence-electron chi connectivity index (χ3n) is 7.49. The van der Waals surface area contributed by atoms with Crippen LogP contribution >= 0.6 is 11.8 Å². The average Bonchev–Trinajstić information content (AvgIpc) is 3.34. The molecule has 0 amide bonds. The van der Waals surface area contributed by atoms with Crippen LogP contribution in [-0.4, -0.2) is 26.0 Å². The molecule has 7 heteroatoms. The zero-order valence-corrected chi connectivity index (χ0v) is 22.0. The standard InChI is InChI=1S/C29H30N2O3S2/c1-18-6-3-7-19(2)28(18)31-36(32,33)23-12-13-27-26(15-23)24-10-5-11-25(24)29(30-27)20-8-4-9-21(14-20)34-22-16-35-17-22/h3-10,12-15,22,24-25,29-31H,11,16-17H2,1-2H3. The molecule has 0 radical (unpaired) electrons. The molecule has 3 aromatic carbocycles. The Balaban J connectivity index is 1.30. The van der Waals surface area contributed by atoms with E-state index in [0.29, 0.717) is 17.7 Å². The summed E-state index contributed by atoms with van der Waals surface area (Å²) in [7, 11) is -3.72. The number of nitrogens with one attached hydrogen (secondary N) is 2. The Morgan fingerprint density at radius 3 is 2.53 bits per heavy atom. The molecule has 1 fully saturated rings. The number of benzene rings is 3. The lowest BCUT2D eigenvalue weighted by atomic mass is 9.77. The molecule has 0 aromatic heterocycles. The Hall–Kier alpha value is -2.90. The van der Waals surface area contributed by atoms with E-state index < -0.39 is 10.0 Å². The van der Waals surface area contributed by atoms with Gasteiger partial charge in [-0.3, -0.25) is 4.72 Å². The molecule has 0 bridgehead atoms. The first-order chi connectivity index (χ1) is 17.4. The van der Waals surface area contributed by atoms with Crippen LogP contribution in [0, 0.1) is 19.8 Å². The number of para-hydroxylation sites is 1. The molecule has 1 saturated heterocycles. The Bertz CT molecular complexity index is 1430. The van der Waals surface area contributed by atoms with Gasteiger partial charge in [0.25, 0.3) is 10.0 Å². The predicted molar refractivity (Wildman–Crippen MR) is 148 cm³/mol. The highest BCUT2D eigenvalue weighted by molar-refractivity contribution is 8.00. The molecule has 5 nitrogen and oxygen atoms in total. The fourth-order valence-corrected chi connectivity index (χ4v) is 7.30. The summed E-state index contributed by atoms with van der Waals surface area (Å²) in [5.74, 6) is 3.51. The fraction of sp³-hybridized carbons (Fsp3) is 0.310. The number of hydrogen-bond acceptors (Lipinski definition) is 5. The molecule has 0 saturated carbocycles. The lowest BCUT2D eigenvalue weighted by molar-refractivity contribution is 0.240. The van der Waals surface area contributed by atoms with Crippen molar-refractivity contribution >= 4 is 33.2 Å². The second-order valence-electron chi connectivity index (χ2n) is 9.95. The largest absolute Gasteiger partial charge is 0.489 e. The molecule has 3 unspecified atom stereocenters. The number of anilines is 2. The maximum absolute atomic E-state index is 13.4. The van der Waals surface area contributed by atoms with Crippen LogP contribution in [0.2, 0.25) is 0 Å². The van der Waals surface area contributed by atoms with Crippen LogP contribution in [0.3, 0.4) is 0 Å². The summed E-state index contributed by atoms with van der Waals surface area (Å²) in [6.45, 7) is 3.84. The summed E-state index contributed by atoms with van der Waals surface area (Å²) in [6.07, 6.45) is 5.72.